The van der Waals surface area contributed by atoms with E-state index in [0.717, 1.165) is 52.5 Å². The molecule has 3 aromatic carbocycles. The van der Waals surface area contributed by atoms with Gasteiger partial charge in [0.1, 0.15) is 6.61 Å². The number of benzene rings is 3. The van der Waals surface area contributed by atoms with Crippen LogP contribution in [0, 0.1) is 6.92 Å². The Labute approximate surface area is 187 Å². The maximum atomic E-state index is 13.5. The Morgan fingerprint density at radius 2 is 1.69 bits per heavy atom. The molecule has 0 bridgehead atoms. The van der Waals surface area contributed by atoms with Gasteiger partial charge in [-0.25, -0.2) is 0 Å². The summed E-state index contributed by atoms with van der Waals surface area (Å²) in [5.74, 6) is -0.641. The quantitative estimate of drug-likeness (QED) is 0.390. The second-order valence-electron chi connectivity index (χ2n) is 8.43. The van der Waals surface area contributed by atoms with Crippen molar-refractivity contribution in [1.29, 1.82) is 0 Å². The van der Waals surface area contributed by atoms with Crippen LogP contribution in [0.3, 0.4) is 0 Å². The van der Waals surface area contributed by atoms with Crippen LogP contribution in [0.25, 0.3) is 10.9 Å². The van der Waals surface area contributed by atoms with Crippen LogP contribution in [-0.2, 0) is 22.6 Å². The lowest BCUT2D eigenvalue weighted by Crippen LogP contribution is -2.23. The minimum absolute atomic E-state index is 0.0565. The number of esters is 1. The average Bonchev–Trinajstić information content (AvgIpc) is 3.17. The SMILES string of the molecule is Cc1ccc2c(c1)c1c(n2C(=O)c2ccccc2)CCCC1C(=O)OCc1ccccc1. The Bertz CT molecular complexity index is 1290. The molecule has 0 radical (unpaired) electrons. The van der Waals surface area contributed by atoms with Gasteiger partial charge in [0.2, 0.25) is 0 Å². The average molecular weight is 424 g/mol. The molecule has 1 heterocycles. The number of hydrogen-bond acceptors (Lipinski definition) is 3. The van der Waals surface area contributed by atoms with Gasteiger partial charge in [-0.1, -0.05) is 60.2 Å². The standard InChI is InChI=1S/C28H25NO3/c1-19-15-16-24-23(17-19)26-22(28(31)32-18-20-9-4-2-5-10-20)13-8-14-25(26)29(24)27(30)21-11-6-3-7-12-21/h2-7,9-12,15-17,22H,8,13-14,18H2,1H3. The fraction of sp³-hybridized carbons (Fsp3) is 0.214. The number of ether oxygens (including phenoxy) is 1. The highest BCUT2D eigenvalue weighted by Crippen LogP contribution is 2.40. The highest BCUT2D eigenvalue weighted by atomic mass is 16.5. The van der Waals surface area contributed by atoms with Crippen LogP contribution >= 0.6 is 0 Å². The van der Waals surface area contributed by atoms with Crippen LogP contribution in [0.5, 0.6) is 0 Å². The van der Waals surface area contributed by atoms with Gasteiger partial charge in [0, 0.05) is 16.6 Å². The molecule has 4 nitrogen and oxygen atoms in total. The third-order valence-corrected chi connectivity index (χ3v) is 6.25. The number of carbonyl (C=O) groups is 2. The number of aryl methyl sites for hydroxylation is 1. The maximum absolute atomic E-state index is 13.5. The van der Waals surface area contributed by atoms with Crippen molar-refractivity contribution < 1.29 is 14.3 Å². The summed E-state index contributed by atoms with van der Waals surface area (Å²) in [5, 5.41) is 0.977. The van der Waals surface area contributed by atoms with Crippen molar-refractivity contribution in [2.75, 3.05) is 0 Å². The summed E-state index contributed by atoms with van der Waals surface area (Å²) >= 11 is 0. The molecule has 5 rings (SSSR count). The molecule has 0 aliphatic heterocycles. The summed E-state index contributed by atoms with van der Waals surface area (Å²) in [7, 11) is 0. The fourth-order valence-corrected chi connectivity index (χ4v) is 4.74. The molecule has 0 fully saturated rings. The van der Waals surface area contributed by atoms with Crippen LogP contribution in [0.15, 0.2) is 78.9 Å². The number of hydrogen-bond donors (Lipinski definition) is 0. The minimum atomic E-state index is -0.364. The van der Waals surface area contributed by atoms with E-state index in [1.807, 2.05) is 84.3 Å². The molecular formula is C28H25NO3. The van der Waals surface area contributed by atoms with Crippen molar-refractivity contribution in [3.8, 4) is 0 Å². The van der Waals surface area contributed by atoms with Crippen LogP contribution in [0.2, 0.25) is 0 Å². The topological polar surface area (TPSA) is 48.3 Å². The van der Waals surface area contributed by atoms with Gasteiger partial charge >= 0.3 is 5.97 Å². The lowest BCUT2D eigenvalue weighted by Gasteiger charge is -2.23. The number of carbonyl (C=O) groups excluding carboxylic acids is 2. The molecule has 0 amide bonds. The van der Waals surface area contributed by atoms with Crippen molar-refractivity contribution in [3.05, 3.63) is 107 Å². The summed E-state index contributed by atoms with van der Waals surface area (Å²) in [6.45, 7) is 2.29. The normalized spacial score (nSPS) is 15.3. The maximum Gasteiger partial charge on any atom is 0.313 e. The monoisotopic (exact) mass is 423 g/mol. The Kier molecular flexibility index (Phi) is 5.36. The van der Waals surface area contributed by atoms with Crippen molar-refractivity contribution in [2.45, 2.75) is 38.7 Å². The predicted octanol–water partition coefficient (Wildman–Crippen LogP) is 5.80. The largest absolute Gasteiger partial charge is 0.460 e. The van der Waals surface area contributed by atoms with Crippen LogP contribution in [0.4, 0.5) is 0 Å². The van der Waals surface area contributed by atoms with Gasteiger partial charge in [-0.05, 0) is 61.6 Å². The molecule has 4 heteroatoms. The summed E-state index contributed by atoms with van der Waals surface area (Å²) in [6, 6.07) is 25.2. The first kappa shape index (κ1) is 20.3. The number of fused-ring (bicyclic) bond motifs is 3. The van der Waals surface area contributed by atoms with Gasteiger partial charge in [-0.15, -0.1) is 0 Å². The van der Waals surface area contributed by atoms with E-state index in [1.165, 1.54) is 0 Å². The highest BCUT2D eigenvalue weighted by Gasteiger charge is 2.34. The smallest absolute Gasteiger partial charge is 0.313 e. The summed E-state index contributed by atoms with van der Waals surface area (Å²) in [4.78, 5) is 26.7. The van der Waals surface area contributed by atoms with Gasteiger partial charge < -0.3 is 4.74 Å². The van der Waals surface area contributed by atoms with E-state index < -0.39 is 0 Å². The summed E-state index contributed by atoms with van der Waals surface area (Å²) in [5.41, 5.74) is 5.46. The molecule has 0 spiro atoms. The van der Waals surface area contributed by atoms with E-state index in [4.69, 9.17) is 4.74 Å². The molecule has 0 saturated heterocycles. The first-order chi connectivity index (χ1) is 15.6. The second kappa shape index (κ2) is 8.46. The fourth-order valence-electron chi connectivity index (χ4n) is 4.74. The zero-order valence-electron chi connectivity index (χ0n) is 18.1. The van der Waals surface area contributed by atoms with E-state index in [2.05, 4.69) is 6.07 Å². The first-order valence-corrected chi connectivity index (χ1v) is 11.1. The third-order valence-electron chi connectivity index (χ3n) is 6.25. The summed E-state index contributed by atoms with van der Waals surface area (Å²) in [6.07, 6.45) is 2.34. The molecule has 0 saturated carbocycles. The zero-order valence-corrected chi connectivity index (χ0v) is 18.1. The van der Waals surface area contributed by atoms with Gasteiger partial charge in [0.25, 0.3) is 5.91 Å². The number of rotatable bonds is 4. The zero-order chi connectivity index (χ0) is 22.1. The van der Waals surface area contributed by atoms with Crippen molar-refractivity contribution in [2.24, 2.45) is 0 Å². The molecule has 1 aliphatic rings. The number of aromatic nitrogens is 1. The molecule has 1 aliphatic carbocycles. The van der Waals surface area contributed by atoms with Crippen molar-refractivity contribution in [3.63, 3.8) is 0 Å². The van der Waals surface area contributed by atoms with Gasteiger partial charge in [0.05, 0.1) is 11.4 Å². The lowest BCUT2D eigenvalue weighted by molar-refractivity contribution is -0.147. The van der Waals surface area contributed by atoms with E-state index in [1.54, 1.807) is 0 Å². The van der Waals surface area contributed by atoms with Gasteiger partial charge in [0.15, 0.2) is 0 Å². The van der Waals surface area contributed by atoms with E-state index in [9.17, 15) is 9.59 Å². The van der Waals surface area contributed by atoms with Crippen LogP contribution < -0.4 is 0 Å². The molecule has 32 heavy (non-hydrogen) atoms. The van der Waals surface area contributed by atoms with E-state index in [-0.39, 0.29) is 24.4 Å². The van der Waals surface area contributed by atoms with Gasteiger partial charge in [-0.3, -0.25) is 14.2 Å². The molecular weight excluding hydrogens is 398 g/mol. The third kappa shape index (κ3) is 3.62. The molecule has 0 N–H and O–H groups in total. The highest BCUT2D eigenvalue weighted by molar-refractivity contribution is 6.05. The van der Waals surface area contributed by atoms with Crippen LogP contribution in [-0.4, -0.2) is 16.4 Å². The minimum Gasteiger partial charge on any atom is -0.460 e. The molecule has 4 aromatic rings. The Balaban J connectivity index is 1.57. The predicted molar refractivity (Wildman–Crippen MR) is 125 cm³/mol. The van der Waals surface area contributed by atoms with Crippen molar-refractivity contribution in [1.82, 2.24) is 4.57 Å². The van der Waals surface area contributed by atoms with Gasteiger partial charge in [-0.2, -0.15) is 0 Å². The van der Waals surface area contributed by atoms with E-state index >= 15 is 0 Å². The molecule has 1 aromatic heterocycles. The van der Waals surface area contributed by atoms with Crippen LogP contribution in [0.1, 0.15) is 51.5 Å². The Morgan fingerprint density at radius 3 is 2.44 bits per heavy atom. The van der Waals surface area contributed by atoms with Crippen molar-refractivity contribution >= 4 is 22.8 Å². The summed E-state index contributed by atoms with van der Waals surface area (Å²) < 4.78 is 7.54. The first-order valence-electron chi connectivity index (χ1n) is 11.1. The molecule has 1 unspecified atom stereocenters. The second-order valence-corrected chi connectivity index (χ2v) is 8.43. The number of nitrogens with zero attached hydrogens (tertiary/aromatic N) is 1. The molecule has 160 valence electrons. The molecule has 1 atom stereocenters. The Hall–Kier alpha value is -3.66. The van der Waals surface area contributed by atoms with E-state index in [0.29, 0.717) is 5.56 Å². The Morgan fingerprint density at radius 1 is 0.969 bits per heavy atom. The lowest BCUT2D eigenvalue weighted by atomic mass is 9.85.